The van der Waals surface area contributed by atoms with E-state index in [0.29, 0.717) is 46.6 Å². The Morgan fingerprint density at radius 1 is 1.00 bits per heavy atom. The van der Waals surface area contributed by atoms with Crippen LogP contribution in [0.4, 0.5) is 4.79 Å². The molecule has 1 unspecified atom stereocenters. The number of carbonyl (C=O) groups is 2. The fourth-order valence-corrected chi connectivity index (χ4v) is 8.50. The van der Waals surface area contributed by atoms with E-state index in [1.165, 1.54) is 44.9 Å². The zero-order valence-electron chi connectivity index (χ0n) is 24.4. The molecule has 3 aliphatic heterocycles. The predicted molar refractivity (Wildman–Crippen MR) is 161 cm³/mol. The molecule has 1 aromatic rings. The third-order valence-electron chi connectivity index (χ3n) is 10.2. The van der Waals surface area contributed by atoms with Gasteiger partial charge in [-0.15, -0.1) is 0 Å². The molecule has 6 nitrogen and oxygen atoms in total. The van der Waals surface area contributed by atoms with Crippen LogP contribution in [0, 0.1) is 18.8 Å². The van der Waals surface area contributed by atoms with Crippen molar-refractivity contribution >= 4 is 35.2 Å². The van der Waals surface area contributed by atoms with Gasteiger partial charge in [0.05, 0.1) is 15.6 Å². The number of hydrogen-bond acceptors (Lipinski definition) is 4. The summed E-state index contributed by atoms with van der Waals surface area (Å²) in [6, 6.07) is 4.05. The van der Waals surface area contributed by atoms with Gasteiger partial charge in [-0.3, -0.25) is 9.69 Å². The number of hydrogen-bond donors (Lipinski definition) is 0. The SMILES string of the molecule is CCCCC1CN(CC2CCCCC2)C(=O)OC12CCN(C1CCN(C(=O)c3c(Cl)cc(C)cc3Cl)CC1)CC2. The van der Waals surface area contributed by atoms with Crippen molar-refractivity contribution in [2.75, 3.05) is 39.3 Å². The van der Waals surface area contributed by atoms with Crippen molar-refractivity contribution in [1.82, 2.24) is 14.7 Å². The van der Waals surface area contributed by atoms with Crippen LogP contribution in [0.3, 0.4) is 0 Å². The normalized spacial score (nSPS) is 24.9. The molecule has 1 aliphatic carbocycles. The first-order valence-corrected chi connectivity index (χ1v) is 16.5. The quantitative estimate of drug-likeness (QED) is 0.328. The number of amides is 2. The van der Waals surface area contributed by atoms with Crippen molar-refractivity contribution < 1.29 is 14.3 Å². The first-order valence-electron chi connectivity index (χ1n) is 15.8. The average Bonchev–Trinajstić information content (AvgIpc) is 2.94. The number of piperidine rings is 2. The van der Waals surface area contributed by atoms with E-state index in [2.05, 4.69) is 11.8 Å². The van der Waals surface area contributed by atoms with E-state index >= 15 is 0 Å². The van der Waals surface area contributed by atoms with E-state index in [1.54, 1.807) is 12.1 Å². The van der Waals surface area contributed by atoms with Crippen LogP contribution in [-0.4, -0.2) is 77.6 Å². The number of unbranched alkanes of at least 4 members (excludes halogenated alkanes) is 1. The van der Waals surface area contributed by atoms with Crippen molar-refractivity contribution in [3.05, 3.63) is 33.3 Å². The largest absolute Gasteiger partial charge is 0.442 e. The summed E-state index contributed by atoms with van der Waals surface area (Å²) in [5, 5.41) is 0.853. The summed E-state index contributed by atoms with van der Waals surface area (Å²) in [6.45, 7) is 9.22. The standard InChI is InChI=1S/C32H47Cl2N3O3/c1-3-4-10-25-22-37(21-24-8-6-5-7-9-24)31(39)40-32(25)13-17-35(18-14-32)26-11-15-36(16-12-26)30(38)29-27(33)19-23(2)20-28(29)34/h19-20,24-26H,3-18,21-22H2,1-2H3. The fraction of sp³-hybridized carbons (Fsp3) is 0.750. The maximum atomic E-state index is 13.3. The molecule has 4 aliphatic rings. The number of aryl methyl sites for hydroxylation is 1. The summed E-state index contributed by atoms with van der Waals surface area (Å²) in [7, 11) is 0. The zero-order valence-corrected chi connectivity index (χ0v) is 25.9. The van der Waals surface area contributed by atoms with Gasteiger partial charge in [-0.05, 0) is 62.6 Å². The highest BCUT2D eigenvalue weighted by Crippen LogP contribution is 2.42. The summed E-state index contributed by atoms with van der Waals surface area (Å²) in [5.41, 5.74) is 1.05. The van der Waals surface area contributed by atoms with Gasteiger partial charge in [-0.25, -0.2) is 4.79 Å². The summed E-state index contributed by atoms with van der Waals surface area (Å²) in [4.78, 5) is 33.0. The van der Waals surface area contributed by atoms with E-state index in [4.69, 9.17) is 27.9 Å². The summed E-state index contributed by atoms with van der Waals surface area (Å²) >= 11 is 12.8. The maximum Gasteiger partial charge on any atom is 0.410 e. The monoisotopic (exact) mass is 591 g/mol. The maximum absolute atomic E-state index is 13.3. The number of ether oxygens (including phenoxy) is 1. The molecular formula is C32H47Cl2N3O3. The van der Waals surface area contributed by atoms with Crippen molar-refractivity contribution in [3.63, 3.8) is 0 Å². The summed E-state index contributed by atoms with van der Waals surface area (Å²) in [5.74, 6) is 0.982. The number of carbonyl (C=O) groups excluding carboxylic acids is 2. The van der Waals surface area contributed by atoms with Gasteiger partial charge in [-0.1, -0.05) is 62.2 Å². The van der Waals surface area contributed by atoms with Crippen molar-refractivity contribution in [2.45, 2.75) is 103 Å². The molecule has 1 saturated carbocycles. The van der Waals surface area contributed by atoms with Crippen LogP contribution >= 0.6 is 23.2 Å². The molecular weight excluding hydrogens is 545 g/mol. The third-order valence-corrected chi connectivity index (χ3v) is 10.8. The highest BCUT2D eigenvalue weighted by atomic mass is 35.5. The van der Waals surface area contributed by atoms with Crippen molar-refractivity contribution in [3.8, 4) is 0 Å². The molecule has 5 rings (SSSR count). The molecule has 4 fully saturated rings. The van der Waals surface area contributed by atoms with Gasteiger partial charge in [0.2, 0.25) is 0 Å². The number of rotatable bonds is 7. The first kappa shape index (κ1) is 30.0. The zero-order chi connectivity index (χ0) is 28.3. The molecule has 1 aromatic carbocycles. The van der Waals surface area contributed by atoms with Gasteiger partial charge in [-0.2, -0.15) is 0 Å². The Kier molecular flexibility index (Phi) is 9.90. The lowest BCUT2D eigenvalue weighted by molar-refractivity contribution is -0.127. The second-order valence-corrected chi connectivity index (χ2v) is 13.7. The van der Waals surface area contributed by atoms with E-state index in [1.807, 2.05) is 16.7 Å². The van der Waals surface area contributed by atoms with E-state index in [-0.39, 0.29) is 17.6 Å². The lowest BCUT2D eigenvalue weighted by atomic mass is 9.75. The number of nitrogens with zero attached hydrogens (tertiary/aromatic N) is 3. The molecule has 1 spiro atoms. The third kappa shape index (κ3) is 6.60. The minimum Gasteiger partial charge on any atom is -0.442 e. The minimum absolute atomic E-state index is 0.0725. The van der Waals surface area contributed by atoms with Crippen LogP contribution in [0.25, 0.3) is 0 Å². The smallest absolute Gasteiger partial charge is 0.410 e. The Morgan fingerprint density at radius 2 is 1.65 bits per heavy atom. The van der Waals surface area contributed by atoms with E-state index < -0.39 is 0 Å². The number of halogens is 2. The van der Waals surface area contributed by atoms with Crippen LogP contribution in [0.2, 0.25) is 10.0 Å². The second-order valence-electron chi connectivity index (χ2n) is 12.8. The summed E-state index contributed by atoms with van der Waals surface area (Å²) in [6.07, 6.45) is 13.6. The highest BCUT2D eigenvalue weighted by Gasteiger charge is 2.50. The fourth-order valence-electron chi connectivity index (χ4n) is 7.74. The lowest BCUT2D eigenvalue weighted by Crippen LogP contribution is -2.61. The Balaban J connectivity index is 1.16. The Labute approximate surface area is 250 Å². The van der Waals surface area contributed by atoms with Crippen molar-refractivity contribution in [2.24, 2.45) is 11.8 Å². The molecule has 3 saturated heterocycles. The van der Waals surface area contributed by atoms with Gasteiger partial charge in [0.1, 0.15) is 5.60 Å². The average molecular weight is 593 g/mol. The topological polar surface area (TPSA) is 53.1 Å². The number of likely N-dealkylation sites (tertiary alicyclic amines) is 2. The molecule has 0 aromatic heterocycles. The van der Waals surface area contributed by atoms with Gasteiger partial charge in [0.25, 0.3) is 5.91 Å². The summed E-state index contributed by atoms with van der Waals surface area (Å²) < 4.78 is 6.43. The molecule has 8 heteroatoms. The van der Waals surface area contributed by atoms with Gasteiger partial charge >= 0.3 is 6.09 Å². The first-order chi connectivity index (χ1) is 19.3. The van der Waals surface area contributed by atoms with Crippen LogP contribution < -0.4 is 0 Å². The Bertz CT molecular complexity index is 1020. The molecule has 2 amide bonds. The van der Waals surface area contributed by atoms with Gasteiger partial charge in [0.15, 0.2) is 0 Å². The predicted octanol–water partition coefficient (Wildman–Crippen LogP) is 7.58. The van der Waals surface area contributed by atoms with Crippen LogP contribution in [0.15, 0.2) is 12.1 Å². The van der Waals surface area contributed by atoms with Crippen LogP contribution in [0.5, 0.6) is 0 Å². The minimum atomic E-state index is -0.318. The second kappa shape index (κ2) is 13.2. The molecule has 1 atom stereocenters. The molecule has 40 heavy (non-hydrogen) atoms. The molecule has 0 radical (unpaired) electrons. The van der Waals surface area contributed by atoms with Crippen LogP contribution in [-0.2, 0) is 4.74 Å². The van der Waals surface area contributed by atoms with E-state index in [9.17, 15) is 9.59 Å². The lowest BCUT2D eigenvalue weighted by Gasteiger charge is -2.52. The molecule has 222 valence electrons. The highest BCUT2D eigenvalue weighted by molar-refractivity contribution is 6.39. The molecule has 0 bridgehead atoms. The molecule has 0 N–H and O–H groups in total. The van der Waals surface area contributed by atoms with Gasteiger partial charge < -0.3 is 14.5 Å². The van der Waals surface area contributed by atoms with Crippen molar-refractivity contribution in [1.29, 1.82) is 0 Å². The Hall–Kier alpha value is -1.50. The number of benzene rings is 1. The van der Waals surface area contributed by atoms with Gasteiger partial charge in [0, 0.05) is 64.1 Å². The van der Waals surface area contributed by atoms with E-state index in [0.717, 1.165) is 63.8 Å². The van der Waals surface area contributed by atoms with Crippen LogP contribution in [0.1, 0.15) is 99.9 Å². The Morgan fingerprint density at radius 3 is 2.27 bits per heavy atom. The molecule has 3 heterocycles.